The molecule has 1 amide bonds. The first kappa shape index (κ1) is 15.3. The van der Waals surface area contributed by atoms with Crippen LogP contribution in [0.5, 0.6) is 0 Å². The number of benzene rings is 1. The van der Waals surface area contributed by atoms with Gasteiger partial charge in [0.25, 0.3) is 9.05 Å². The monoisotopic (exact) mass is 319 g/mol. The molecule has 1 saturated carbocycles. The first-order valence-electron chi connectivity index (χ1n) is 6.28. The molecular formula is C13H15ClFNO3S. The molecule has 2 rings (SSSR count). The average molecular weight is 320 g/mol. The maximum Gasteiger partial charge on any atom is 0.261 e. The average Bonchev–Trinajstić information content (AvgIpc) is 2.78. The van der Waals surface area contributed by atoms with Crippen LogP contribution in [0.15, 0.2) is 23.1 Å². The lowest BCUT2D eigenvalue weighted by atomic mass is 9.88. The highest BCUT2D eigenvalue weighted by Gasteiger charge is 2.36. The van der Waals surface area contributed by atoms with E-state index in [4.69, 9.17) is 10.7 Å². The van der Waals surface area contributed by atoms with E-state index in [2.05, 4.69) is 5.32 Å². The van der Waals surface area contributed by atoms with Gasteiger partial charge < -0.3 is 5.32 Å². The zero-order valence-corrected chi connectivity index (χ0v) is 12.5. The van der Waals surface area contributed by atoms with E-state index >= 15 is 0 Å². The van der Waals surface area contributed by atoms with Crippen molar-refractivity contribution in [3.05, 3.63) is 24.0 Å². The summed E-state index contributed by atoms with van der Waals surface area (Å²) in [5.41, 5.74) is -0.517. The predicted molar refractivity (Wildman–Crippen MR) is 74.6 cm³/mol. The highest BCUT2D eigenvalue weighted by molar-refractivity contribution is 8.13. The van der Waals surface area contributed by atoms with Gasteiger partial charge in [0.1, 0.15) is 5.82 Å². The Morgan fingerprint density at radius 1 is 1.35 bits per heavy atom. The van der Waals surface area contributed by atoms with Crippen LogP contribution in [0.1, 0.15) is 32.6 Å². The van der Waals surface area contributed by atoms with Crippen molar-refractivity contribution in [3.8, 4) is 0 Å². The molecule has 0 aromatic heterocycles. The maximum absolute atomic E-state index is 13.8. The second-order valence-electron chi connectivity index (χ2n) is 5.30. The summed E-state index contributed by atoms with van der Waals surface area (Å²) in [4.78, 5) is 11.8. The zero-order chi connectivity index (χ0) is 15.0. The minimum Gasteiger partial charge on any atom is -0.323 e. The number of anilines is 1. The normalized spacial score (nSPS) is 17.9. The van der Waals surface area contributed by atoms with Crippen LogP contribution in [0.25, 0.3) is 0 Å². The van der Waals surface area contributed by atoms with Crippen molar-refractivity contribution in [1.29, 1.82) is 0 Å². The lowest BCUT2D eigenvalue weighted by molar-refractivity contribution is -0.124. The van der Waals surface area contributed by atoms with Crippen LogP contribution in [-0.2, 0) is 13.8 Å². The number of carbonyl (C=O) groups excluding carboxylic acids is 1. The fourth-order valence-corrected chi connectivity index (χ4v) is 3.17. The summed E-state index contributed by atoms with van der Waals surface area (Å²) in [6.45, 7) is 1.85. The van der Waals surface area contributed by atoms with Crippen LogP contribution in [0.3, 0.4) is 0 Å². The van der Waals surface area contributed by atoms with Crippen LogP contribution >= 0.6 is 10.7 Å². The summed E-state index contributed by atoms with van der Waals surface area (Å²) in [6.07, 6.45) is 3.51. The van der Waals surface area contributed by atoms with Gasteiger partial charge in [0, 0.05) is 16.1 Å². The standard InChI is InChI=1S/C13H15ClFNO3S/c1-13(6-2-3-7-13)12(17)16-11-5-4-9(8-10(11)15)20(14,18)19/h4-5,8H,2-3,6-7H2,1H3,(H,16,17). The van der Waals surface area contributed by atoms with Crippen molar-refractivity contribution >= 4 is 31.3 Å². The number of amides is 1. The third-order valence-corrected chi connectivity index (χ3v) is 5.08. The number of halogens is 2. The molecule has 0 radical (unpaired) electrons. The molecule has 20 heavy (non-hydrogen) atoms. The molecule has 1 N–H and O–H groups in total. The van der Waals surface area contributed by atoms with Gasteiger partial charge in [-0.25, -0.2) is 12.8 Å². The Bertz CT molecular complexity index is 639. The Morgan fingerprint density at radius 2 is 1.95 bits per heavy atom. The van der Waals surface area contributed by atoms with Gasteiger partial charge in [-0.2, -0.15) is 0 Å². The van der Waals surface area contributed by atoms with E-state index in [-0.39, 0.29) is 16.5 Å². The molecule has 0 aliphatic heterocycles. The zero-order valence-electron chi connectivity index (χ0n) is 10.9. The van der Waals surface area contributed by atoms with E-state index in [0.29, 0.717) is 0 Å². The summed E-state index contributed by atoms with van der Waals surface area (Å²) in [7, 11) is 1.15. The van der Waals surface area contributed by atoms with E-state index in [1.54, 1.807) is 0 Å². The smallest absolute Gasteiger partial charge is 0.261 e. The van der Waals surface area contributed by atoms with E-state index in [9.17, 15) is 17.6 Å². The minimum absolute atomic E-state index is 0.0350. The van der Waals surface area contributed by atoms with Crippen LogP contribution in [0.2, 0.25) is 0 Å². The highest BCUT2D eigenvalue weighted by atomic mass is 35.7. The fourth-order valence-electron chi connectivity index (χ4n) is 2.40. The number of hydrogen-bond donors (Lipinski definition) is 1. The molecule has 4 nitrogen and oxygen atoms in total. The minimum atomic E-state index is -3.98. The van der Waals surface area contributed by atoms with Gasteiger partial charge in [-0.05, 0) is 31.0 Å². The molecule has 0 heterocycles. The Hall–Kier alpha value is -1.14. The third kappa shape index (κ3) is 3.12. The van der Waals surface area contributed by atoms with Gasteiger partial charge in [0.15, 0.2) is 0 Å². The van der Waals surface area contributed by atoms with Gasteiger partial charge in [0.2, 0.25) is 5.91 Å². The predicted octanol–water partition coefficient (Wildman–Crippen LogP) is 3.27. The quantitative estimate of drug-likeness (QED) is 0.870. The van der Waals surface area contributed by atoms with Crippen LogP contribution in [0, 0.1) is 11.2 Å². The van der Waals surface area contributed by atoms with Crippen LogP contribution in [0.4, 0.5) is 10.1 Å². The van der Waals surface area contributed by atoms with E-state index in [1.807, 2.05) is 6.92 Å². The van der Waals surface area contributed by atoms with E-state index < -0.39 is 20.3 Å². The van der Waals surface area contributed by atoms with Crippen molar-refractivity contribution in [1.82, 2.24) is 0 Å². The van der Waals surface area contributed by atoms with Crippen LogP contribution in [-0.4, -0.2) is 14.3 Å². The first-order chi connectivity index (χ1) is 9.22. The Labute approximate surface area is 121 Å². The largest absolute Gasteiger partial charge is 0.323 e. The highest BCUT2D eigenvalue weighted by Crippen LogP contribution is 2.38. The van der Waals surface area contributed by atoms with Crippen molar-refractivity contribution < 1.29 is 17.6 Å². The van der Waals surface area contributed by atoms with Crippen LogP contribution < -0.4 is 5.32 Å². The molecule has 110 valence electrons. The molecule has 0 saturated heterocycles. The number of rotatable bonds is 3. The lowest BCUT2D eigenvalue weighted by Crippen LogP contribution is -2.31. The molecule has 1 aliphatic carbocycles. The molecule has 7 heteroatoms. The van der Waals surface area contributed by atoms with E-state index in [1.165, 1.54) is 6.07 Å². The van der Waals surface area contributed by atoms with Crippen molar-refractivity contribution in [2.24, 2.45) is 5.41 Å². The van der Waals surface area contributed by atoms with Gasteiger partial charge in [-0.1, -0.05) is 19.8 Å². The molecule has 1 fully saturated rings. The third-order valence-electron chi connectivity index (χ3n) is 3.73. The summed E-state index contributed by atoms with van der Waals surface area (Å²) in [5.74, 6) is -1.06. The molecule has 0 bridgehead atoms. The summed E-state index contributed by atoms with van der Waals surface area (Å²) >= 11 is 0. The van der Waals surface area contributed by atoms with Crippen molar-refractivity contribution in [3.63, 3.8) is 0 Å². The second kappa shape index (κ2) is 5.33. The fraction of sp³-hybridized carbons (Fsp3) is 0.462. The molecule has 1 aliphatic rings. The molecular weight excluding hydrogens is 305 g/mol. The summed E-state index contributed by atoms with van der Waals surface area (Å²) < 4.78 is 36.0. The SMILES string of the molecule is CC1(C(=O)Nc2ccc(S(=O)(=O)Cl)cc2F)CCCC1. The lowest BCUT2D eigenvalue weighted by Gasteiger charge is -2.22. The first-order valence-corrected chi connectivity index (χ1v) is 8.59. The summed E-state index contributed by atoms with van der Waals surface area (Å²) in [6, 6.07) is 3.17. The molecule has 1 aromatic carbocycles. The van der Waals surface area contributed by atoms with Crippen molar-refractivity contribution in [2.45, 2.75) is 37.5 Å². The number of hydrogen-bond acceptors (Lipinski definition) is 3. The molecule has 0 spiro atoms. The van der Waals surface area contributed by atoms with Gasteiger partial charge in [-0.15, -0.1) is 0 Å². The Kier molecular flexibility index (Phi) is 4.07. The number of carbonyl (C=O) groups is 1. The Morgan fingerprint density at radius 3 is 2.45 bits per heavy atom. The number of nitrogens with one attached hydrogen (secondary N) is 1. The molecule has 0 atom stereocenters. The van der Waals surface area contributed by atoms with Crippen molar-refractivity contribution in [2.75, 3.05) is 5.32 Å². The van der Waals surface area contributed by atoms with Gasteiger partial charge in [-0.3, -0.25) is 4.79 Å². The molecule has 0 unspecified atom stereocenters. The van der Waals surface area contributed by atoms with Gasteiger partial charge >= 0.3 is 0 Å². The second-order valence-corrected chi connectivity index (χ2v) is 7.87. The molecule has 1 aromatic rings. The topological polar surface area (TPSA) is 63.2 Å². The summed E-state index contributed by atoms with van der Waals surface area (Å²) in [5, 5.41) is 2.52. The van der Waals surface area contributed by atoms with Gasteiger partial charge in [0.05, 0.1) is 10.6 Å². The Balaban J connectivity index is 2.20. The maximum atomic E-state index is 13.8. The van der Waals surface area contributed by atoms with E-state index in [0.717, 1.165) is 37.8 Å².